The zero-order valence-corrected chi connectivity index (χ0v) is 29.5. The van der Waals surface area contributed by atoms with Gasteiger partial charge in [-0.1, -0.05) is 102 Å². The number of carbonyl (C=O) groups excluding carboxylic acids is 3. The van der Waals surface area contributed by atoms with E-state index < -0.39 is 47.1 Å². The van der Waals surface area contributed by atoms with Crippen LogP contribution in [0.15, 0.2) is 79.0 Å². The Labute approximate surface area is 288 Å². The molecule has 0 aliphatic rings. The average Bonchev–Trinajstić information content (AvgIpc) is 3.03. The first-order chi connectivity index (χ1) is 22.6. The van der Waals surface area contributed by atoms with Crippen molar-refractivity contribution in [2.75, 3.05) is 13.7 Å². The first kappa shape index (κ1) is 38.4. The average molecular weight is 681 g/mol. The number of benzene rings is 2. The zero-order chi connectivity index (χ0) is 35.5. The number of aliphatic hydroxyl groups excluding tert-OH is 1. The topological polar surface area (TPSA) is 145 Å². The summed E-state index contributed by atoms with van der Waals surface area (Å²) in [5.74, 6) is -0.860. The van der Waals surface area contributed by atoms with E-state index in [0.29, 0.717) is 6.42 Å². The molecular formula is C36H49ClN6O5. The van der Waals surface area contributed by atoms with E-state index in [-0.39, 0.29) is 19.0 Å². The molecule has 0 saturated heterocycles. The molecule has 260 valence electrons. The number of nitrogens with one attached hydrogen (secondary N) is 4. The number of aromatic nitrogens is 1. The molecule has 48 heavy (non-hydrogen) atoms. The highest BCUT2D eigenvalue weighted by Gasteiger charge is 2.36. The van der Waals surface area contributed by atoms with Crippen molar-refractivity contribution in [2.45, 2.75) is 78.7 Å². The van der Waals surface area contributed by atoms with Crippen molar-refractivity contribution in [2.24, 2.45) is 10.8 Å². The van der Waals surface area contributed by atoms with Gasteiger partial charge in [0.25, 0.3) is 5.91 Å². The minimum atomic E-state index is -1.14. The van der Waals surface area contributed by atoms with Gasteiger partial charge in [0.1, 0.15) is 12.1 Å². The molecule has 0 radical (unpaired) electrons. The number of halogens is 1. The predicted molar refractivity (Wildman–Crippen MR) is 187 cm³/mol. The van der Waals surface area contributed by atoms with E-state index in [1.807, 2.05) is 114 Å². The number of hydrogen-bond donors (Lipinski definition) is 5. The summed E-state index contributed by atoms with van der Waals surface area (Å²) in [6.07, 6.45) is 0.170. The van der Waals surface area contributed by atoms with Crippen LogP contribution < -0.4 is 20.9 Å². The van der Waals surface area contributed by atoms with Crippen molar-refractivity contribution < 1.29 is 24.2 Å². The van der Waals surface area contributed by atoms with Gasteiger partial charge in [-0.3, -0.25) is 20.0 Å². The van der Waals surface area contributed by atoms with E-state index in [4.69, 9.17) is 16.5 Å². The maximum atomic E-state index is 13.7. The molecule has 0 bridgehead atoms. The Morgan fingerprint density at radius 1 is 0.833 bits per heavy atom. The fourth-order valence-corrected chi connectivity index (χ4v) is 5.56. The molecule has 0 unspecified atom stereocenters. The number of methoxy groups -OCH3 is 1. The van der Waals surface area contributed by atoms with Crippen LogP contribution in [0, 0.1) is 10.8 Å². The van der Waals surface area contributed by atoms with Crippen molar-refractivity contribution in [3.8, 4) is 11.3 Å². The lowest BCUT2D eigenvalue weighted by molar-refractivity contribution is -0.132. The SMILES string of the molecule is COC(=O)N[C@H](C(=O)NN(Cc1ccc(-c2ccccn2)cc1)C[C@H](O)[C@H](Cc1ccccc1)NC(=O)[C@@H](NCl)C(C)(C)C)C(C)(C)C. The lowest BCUT2D eigenvalue weighted by Crippen LogP contribution is -2.60. The molecule has 3 amide bonds. The highest BCUT2D eigenvalue weighted by molar-refractivity contribution is 6.15. The van der Waals surface area contributed by atoms with Crippen LogP contribution in [0.25, 0.3) is 11.3 Å². The van der Waals surface area contributed by atoms with Crippen LogP contribution in [-0.2, 0) is 27.3 Å². The lowest BCUT2D eigenvalue weighted by Gasteiger charge is -2.35. The van der Waals surface area contributed by atoms with Gasteiger partial charge in [-0.15, -0.1) is 0 Å². The van der Waals surface area contributed by atoms with Crippen molar-refractivity contribution in [1.82, 2.24) is 30.9 Å². The minimum absolute atomic E-state index is 0.0604. The van der Waals surface area contributed by atoms with Crippen molar-refractivity contribution in [3.05, 3.63) is 90.1 Å². The molecule has 4 atom stereocenters. The van der Waals surface area contributed by atoms with Gasteiger partial charge in [0.2, 0.25) is 5.91 Å². The minimum Gasteiger partial charge on any atom is -0.453 e. The monoisotopic (exact) mass is 680 g/mol. The van der Waals surface area contributed by atoms with Crippen LogP contribution in [0.4, 0.5) is 4.79 Å². The zero-order valence-electron chi connectivity index (χ0n) is 28.8. The molecule has 0 aliphatic heterocycles. The third kappa shape index (κ3) is 11.6. The van der Waals surface area contributed by atoms with Gasteiger partial charge in [-0.2, -0.15) is 0 Å². The first-order valence-corrected chi connectivity index (χ1v) is 16.3. The molecule has 3 rings (SSSR count). The summed E-state index contributed by atoms with van der Waals surface area (Å²) in [5.41, 5.74) is 5.24. The number of pyridine rings is 1. The Kier molecular flexibility index (Phi) is 13.9. The van der Waals surface area contributed by atoms with Crippen LogP contribution in [0.2, 0.25) is 0 Å². The van der Waals surface area contributed by atoms with Gasteiger partial charge in [0.15, 0.2) is 0 Å². The third-order valence-electron chi connectivity index (χ3n) is 7.87. The van der Waals surface area contributed by atoms with Crippen molar-refractivity contribution >= 4 is 29.7 Å². The lowest BCUT2D eigenvalue weighted by atomic mass is 9.86. The number of carbonyl (C=O) groups is 3. The molecular weight excluding hydrogens is 632 g/mol. The summed E-state index contributed by atoms with van der Waals surface area (Å²) < 4.78 is 4.77. The van der Waals surface area contributed by atoms with E-state index in [1.54, 1.807) is 11.2 Å². The Morgan fingerprint density at radius 2 is 1.46 bits per heavy atom. The second kappa shape index (κ2) is 17.4. The predicted octanol–water partition coefficient (Wildman–Crippen LogP) is 4.60. The number of hydrazine groups is 1. The van der Waals surface area contributed by atoms with Gasteiger partial charge < -0.3 is 20.5 Å². The maximum Gasteiger partial charge on any atom is 0.407 e. The molecule has 2 aromatic carbocycles. The van der Waals surface area contributed by atoms with Crippen LogP contribution in [0.1, 0.15) is 52.7 Å². The normalized spacial score (nSPS) is 14.4. The fourth-order valence-electron chi connectivity index (χ4n) is 5.13. The molecule has 0 fully saturated rings. The number of aliphatic hydroxyl groups is 1. The van der Waals surface area contributed by atoms with E-state index >= 15 is 0 Å². The highest BCUT2D eigenvalue weighted by Crippen LogP contribution is 2.22. The van der Waals surface area contributed by atoms with E-state index in [1.165, 1.54) is 7.11 Å². The summed E-state index contributed by atoms with van der Waals surface area (Å²) >= 11 is 5.99. The second-order valence-corrected chi connectivity index (χ2v) is 14.2. The quantitative estimate of drug-likeness (QED) is 0.123. The van der Waals surface area contributed by atoms with Gasteiger partial charge in [0, 0.05) is 24.8 Å². The number of hydrogen-bond acceptors (Lipinski definition) is 8. The van der Waals surface area contributed by atoms with Crippen LogP contribution in [-0.4, -0.2) is 70.9 Å². The van der Waals surface area contributed by atoms with E-state index in [2.05, 4.69) is 25.9 Å². The second-order valence-electron chi connectivity index (χ2n) is 14.0. The fraction of sp³-hybridized carbons (Fsp3) is 0.444. The van der Waals surface area contributed by atoms with Crippen LogP contribution in [0.3, 0.4) is 0 Å². The molecule has 1 heterocycles. The Bertz CT molecular complexity index is 1460. The molecule has 11 nitrogen and oxygen atoms in total. The summed E-state index contributed by atoms with van der Waals surface area (Å²) in [7, 11) is 1.23. The highest BCUT2D eigenvalue weighted by atomic mass is 35.5. The maximum absolute atomic E-state index is 13.7. The van der Waals surface area contributed by atoms with E-state index in [9.17, 15) is 19.5 Å². The molecule has 3 aromatic rings. The van der Waals surface area contributed by atoms with Gasteiger partial charge in [-0.05, 0) is 52.3 Å². The van der Waals surface area contributed by atoms with Crippen LogP contribution in [0.5, 0.6) is 0 Å². The first-order valence-electron chi connectivity index (χ1n) is 15.9. The molecule has 5 N–H and O–H groups in total. The number of rotatable bonds is 14. The van der Waals surface area contributed by atoms with Gasteiger partial charge >= 0.3 is 6.09 Å². The number of nitrogens with zero attached hydrogens (tertiary/aromatic N) is 2. The van der Waals surface area contributed by atoms with Gasteiger partial charge in [-0.25, -0.2) is 14.6 Å². The number of amides is 3. The smallest absolute Gasteiger partial charge is 0.407 e. The summed E-state index contributed by atoms with van der Waals surface area (Å²) in [5, 5.41) is 19.0. The third-order valence-corrected chi connectivity index (χ3v) is 8.09. The van der Waals surface area contributed by atoms with Crippen molar-refractivity contribution in [1.29, 1.82) is 0 Å². The van der Waals surface area contributed by atoms with Crippen molar-refractivity contribution in [3.63, 3.8) is 0 Å². The molecule has 1 aromatic heterocycles. The number of alkyl carbamates (subject to hydrolysis) is 1. The van der Waals surface area contributed by atoms with Gasteiger partial charge in [0.05, 0.1) is 24.9 Å². The Balaban J connectivity index is 1.93. The molecule has 0 spiro atoms. The summed E-state index contributed by atoms with van der Waals surface area (Å²) in [6.45, 7) is 11.3. The standard InChI is InChI=1S/C36H49ClN6O5/c1-35(2,3)30(40-34(47)48-7)33(46)42-43(22-25-16-18-26(19-17-25)27-15-11-12-20-38-27)23-29(44)28(21-24-13-9-8-10-14-24)39-32(45)31(41-37)36(4,5)6/h8-20,28-31,41,44H,21-23H2,1-7H3,(H,39,45)(H,40,47)(H,42,46)/t28-,29-,30+,31+/m0/s1. The number of ether oxygens (including phenoxy) is 1. The van der Waals surface area contributed by atoms with E-state index in [0.717, 1.165) is 22.4 Å². The molecule has 0 saturated carbocycles. The van der Waals surface area contributed by atoms with Crippen LogP contribution >= 0.6 is 11.8 Å². The molecule has 12 heteroatoms. The summed E-state index contributed by atoms with van der Waals surface area (Å²) in [6, 6.07) is 20.5. The summed E-state index contributed by atoms with van der Waals surface area (Å²) in [4.78, 5) is 46.3. The Hall–Kier alpha value is -4.03. The Morgan fingerprint density at radius 3 is 2.00 bits per heavy atom. The molecule has 0 aliphatic carbocycles. The largest absolute Gasteiger partial charge is 0.453 e.